The third-order valence-corrected chi connectivity index (χ3v) is 8.63. The van der Waals surface area contributed by atoms with E-state index in [0.717, 1.165) is 30.4 Å². The minimum absolute atomic E-state index is 0.0352. The highest BCUT2D eigenvalue weighted by Crippen LogP contribution is 2.21. The zero-order chi connectivity index (χ0) is 37.9. The highest BCUT2D eigenvalue weighted by Gasteiger charge is 2.35. The lowest BCUT2D eigenvalue weighted by molar-refractivity contribution is -0.141. The molecule has 5 amide bonds. The fraction of sp³-hybridized carbons (Fsp3) is 0.462. The lowest BCUT2D eigenvalue weighted by Crippen LogP contribution is -2.59. The van der Waals surface area contributed by atoms with Gasteiger partial charge in [0.15, 0.2) is 6.17 Å². The third-order valence-electron chi connectivity index (χ3n) is 8.63. The van der Waals surface area contributed by atoms with E-state index in [2.05, 4.69) is 59.0 Å². The predicted molar refractivity (Wildman–Crippen MR) is 202 cm³/mol. The maximum absolute atomic E-state index is 13.9. The smallest absolute Gasteiger partial charge is 0.257 e. The number of carbonyl (C=O) groups excluding carboxylic acids is 5. The summed E-state index contributed by atoms with van der Waals surface area (Å²) in [5.41, 5.74) is 15.8. The third kappa shape index (κ3) is 13.1. The number of nitrogens with two attached hydrogens (primary N) is 2. The van der Waals surface area contributed by atoms with Crippen LogP contribution in [-0.2, 0) is 25.6 Å². The van der Waals surface area contributed by atoms with Gasteiger partial charge >= 0.3 is 0 Å². The Labute approximate surface area is 302 Å². The van der Waals surface area contributed by atoms with Crippen molar-refractivity contribution in [3.8, 4) is 11.1 Å². The lowest BCUT2D eigenvalue weighted by Gasteiger charge is -2.32. The maximum atomic E-state index is 13.9. The molecule has 0 aliphatic heterocycles. The molecule has 0 spiro atoms. The molecule has 12 nitrogen and oxygen atoms in total. The molecule has 0 saturated carbocycles. The summed E-state index contributed by atoms with van der Waals surface area (Å²) in [4.78, 5) is 66.9. The Morgan fingerprint density at radius 1 is 0.882 bits per heavy atom. The van der Waals surface area contributed by atoms with E-state index >= 15 is 0 Å². The van der Waals surface area contributed by atoms with Crippen LogP contribution in [0.1, 0.15) is 75.2 Å². The topological polar surface area (TPSA) is 189 Å². The van der Waals surface area contributed by atoms with Crippen molar-refractivity contribution in [1.29, 1.82) is 0 Å². The van der Waals surface area contributed by atoms with Crippen molar-refractivity contribution in [1.82, 2.24) is 26.2 Å². The molecule has 4 atom stereocenters. The second kappa shape index (κ2) is 22.1. The van der Waals surface area contributed by atoms with Crippen LogP contribution in [0, 0.1) is 5.92 Å². The number of hydrogen-bond donors (Lipinski definition) is 6. The molecular weight excluding hydrogens is 646 g/mol. The van der Waals surface area contributed by atoms with E-state index < -0.39 is 47.8 Å². The van der Waals surface area contributed by atoms with Crippen molar-refractivity contribution < 1.29 is 24.0 Å². The average molecular weight is 704 g/mol. The Balaban J connectivity index is 2.13. The number of rotatable bonds is 21. The first-order valence-corrected chi connectivity index (χ1v) is 17.8. The first kappa shape index (κ1) is 42.4. The number of carbonyl (C=O) groups is 5. The first-order valence-electron chi connectivity index (χ1n) is 17.8. The summed E-state index contributed by atoms with van der Waals surface area (Å²) in [5.74, 6) is -3.26. The highest BCUT2D eigenvalue weighted by atomic mass is 16.2. The number of hydrogen-bond acceptors (Lipinski definition) is 7. The summed E-state index contributed by atoms with van der Waals surface area (Å²) in [6.07, 6.45) is 7.21. The van der Waals surface area contributed by atoms with Gasteiger partial charge in [-0.25, -0.2) is 0 Å². The lowest BCUT2D eigenvalue weighted by atomic mass is 10.00. The minimum atomic E-state index is -1.34. The number of aryl methyl sites for hydroxylation is 1. The van der Waals surface area contributed by atoms with Crippen LogP contribution in [0.5, 0.6) is 0 Å². The summed E-state index contributed by atoms with van der Waals surface area (Å²) in [6, 6.07) is 13.6. The van der Waals surface area contributed by atoms with E-state index in [0.29, 0.717) is 36.9 Å². The molecule has 2 rings (SSSR count). The molecule has 8 N–H and O–H groups in total. The summed E-state index contributed by atoms with van der Waals surface area (Å²) < 4.78 is 0. The van der Waals surface area contributed by atoms with Gasteiger partial charge in [0.05, 0.1) is 5.92 Å². The fourth-order valence-electron chi connectivity index (χ4n) is 5.48. The zero-order valence-corrected chi connectivity index (χ0v) is 30.8. The van der Waals surface area contributed by atoms with Gasteiger partial charge in [0.1, 0.15) is 12.1 Å². The molecule has 0 aliphatic carbocycles. The molecule has 0 bridgehead atoms. The number of allylic oxidation sites excluding steroid dienone is 1. The van der Waals surface area contributed by atoms with E-state index in [1.165, 1.54) is 30.6 Å². The minimum Gasteiger partial charge on any atom is -0.356 e. The molecule has 0 unspecified atom stereocenters. The molecule has 0 radical (unpaired) electrons. The second-order valence-corrected chi connectivity index (χ2v) is 12.6. The van der Waals surface area contributed by atoms with Crippen LogP contribution in [0.3, 0.4) is 0 Å². The standard InChI is InChI=1S/C39H57N7O5/c1-7-10-14-27-16-18-29(19-17-27)30-20-22-31(23-21-30)36(48)43-25-26(4)35(47)44-32(15-11-12-24-40)39(51)46(6)33(28(9-3)13-8-2)37(49)45-34(41)38(50)42-5/h9,13,16-23,26,32-34H,3,7-8,10-12,14-15,24-25,40-41H2,1-2,4-6H3,(H,42,50)(H,43,48)(H,44,47)(H,45,49)/b28-13+/t26-,32+,33+,34-/m1/s1. The molecule has 0 aromatic heterocycles. The van der Waals surface area contributed by atoms with Crippen LogP contribution >= 0.6 is 0 Å². The number of nitrogens with zero attached hydrogens (tertiary/aromatic N) is 1. The van der Waals surface area contributed by atoms with Crippen molar-refractivity contribution >= 4 is 29.5 Å². The van der Waals surface area contributed by atoms with Crippen LogP contribution in [0.15, 0.2) is 72.8 Å². The van der Waals surface area contributed by atoms with Gasteiger partial charge in [-0.1, -0.05) is 82.3 Å². The number of nitrogens with one attached hydrogen (secondary N) is 4. The van der Waals surface area contributed by atoms with Gasteiger partial charge in [0.2, 0.25) is 17.7 Å². The first-order chi connectivity index (χ1) is 24.4. The maximum Gasteiger partial charge on any atom is 0.257 e. The van der Waals surface area contributed by atoms with Crippen molar-refractivity contribution in [3.63, 3.8) is 0 Å². The van der Waals surface area contributed by atoms with Crippen LogP contribution in [0.2, 0.25) is 0 Å². The van der Waals surface area contributed by atoms with E-state index in [-0.39, 0.29) is 18.9 Å². The van der Waals surface area contributed by atoms with E-state index in [9.17, 15) is 24.0 Å². The molecule has 2 aromatic rings. The number of unbranched alkanes of at least 4 members (excludes halogenated alkanes) is 2. The average Bonchev–Trinajstić information content (AvgIpc) is 3.14. The normalized spacial score (nSPS) is 13.6. The predicted octanol–water partition coefficient (Wildman–Crippen LogP) is 3.17. The Hall–Kier alpha value is -4.81. The van der Waals surface area contributed by atoms with Gasteiger partial charge in [0.25, 0.3) is 11.8 Å². The van der Waals surface area contributed by atoms with Crippen molar-refractivity contribution in [2.24, 2.45) is 17.4 Å². The number of benzene rings is 2. The highest BCUT2D eigenvalue weighted by molar-refractivity contribution is 5.97. The fourth-order valence-corrected chi connectivity index (χ4v) is 5.48. The van der Waals surface area contributed by atoms with Gasteiger partial charge in [-0.2, -0.15) is 0 Å². The van der Waals surface area contributed by atoms with Gasteiger partial charge < -0.3 is 37.6 Å². The molecular formula is C39H57N7O5. The van der Waals surface area contributed by atoms with Crippen molar-refractivity contribution in [2.45, 2.75) is 84.0 Å². The van der Waals surface area contributed by atoms with E-state index in [1.54, 1.807) is 25.1 Å². The van der Waals surface area contributed by atoms with Crippen LogP contribution in [0.25, 0.3) is 11.1 Å². The molecule has 0 fully saturated rings. The summed E-state index contributed by atoms with van der Waals surface area (Å²) in [5, 5.41) is 10.5. The molecule has 0 heterocycles. The SMILES string of the molecule is C=C/C(=C\CC)[C@@H](C(=O)N[C@@H](N)C(=O)NC)N(C)C(=O)[C@H](CCCCN)NC(=O)[C@H](C)CNC(=O)c1ccc(-c2ccc(CCCC)cc2)cc1. The molecule has 51 heavy (non-hydrogen) atoms. The monoisotopic (exact) mass is 703 g/mol. The Morgan fingerprint density at radius 3 is 2.06 bits per heavy atom. The van der Waals surface area contributed by atoms with Crippen LogP contribution in [-0.4, -0.2) is 79.9 Å². The summed E-state index contributed by atoms with van der Waals surface area (Å²) >= 11 is 0. The van der Waals surface area contributed by atoms with Crippen molar-refractivity contribution in [2.75, 3.05) is 27.2 Å². The largest absolute Gasteiger partial charge is 0.356 e. The van der Waals surface area contributed by atoms with E-state index in [1.807, 2.05) is 19.1 Å². The Morgan fingerprint density at radius 2 is 1.51 bits per heavy atom. The molecule has 278 valence electrons. The molecule has 12 heteroatoms. The molecule has 0 saturated heterocycles. The van der Waals surface area contributed by atoms with Gasteiger partial charge in [-0.05, 0) is 79.5 Å². The number of likely N-dealkylation sites (N-methyl/N-ethyl adjacent to an activating group) is 2. The van der Waals surface area contributed by atoms with Crippen LogP contribution < -0.4 is 32.7 Å². The number of amides is 5. The molecule has 0 aliphatic rings. The molecule has 2 aromatic carbocycles. The zero-order valence-electron chi connectivity index (χ0n) is 30.8. The van der Waals surface area contributed by atoms with Gasteiger partial charge in [-0.3, -0.25) is 24.0 Å². The van der Waals surface area contributed by atoms with Crippen molar-refractivity contribution in [3.05, 3.63) is 84.0 Å². The van der Waals surface area contributed by atoms with Crippen LogP contribution in [0.4, 0.5) is 0 Å². The summed E-state index contributed by atoms with van der Waals surface area (Å²) in [6.45, 7) is 9.95. The second-order valence-electron chi connectivity index (χ2n) is 12.6. The van der Waals surface area contributed by atoms with Gasteiger partial charge in [-0.15, -0.1) is 0 Å². The van der Waals surface area contributed by atoms with Gasteiger partial charge in [0, 0.05) is 26.2 Å². The quantitative estimate of drug-likeness (QED) is 0.0654. The Kier molecular flexibility index (Phi) is 18.4. The summed E-state index contributed by atoms with van der Waals surface area (Å²) in [7, 11) is 2.84. The van der Waals surface area contributed by atoms with E-state index in [4.69, 9.17) is 11.5 Å². The Bertz CT molecular complexity index is 1490.